The van der Waals surface area contributed by atoms with Crippen molar-refractivity contribution < 1.29 is 14.3 Å². The maximum atomic E-state index is 13.5. The van der Waals surface area contributed by atoms with E-state index in [1.165, 1.54) is 18.6 Å². The number of halogens is 1. The topological polar surface area (TPSA) is 40.5 Å². The normalized spacial score (nSPS) is 16.1. The molecule has 0 bridgehead atoms. The van der Waals surface area contributed by atoms with E-state index in [9.17, 15) is 14.3 Å². The fourth-order valence-electron chi connectivity index (χ4n) is 2.98. The van der Waals surface area contributed by atoms with Crippen LogP contribution in [0.3, 0.4) is 0 Å². The Labute approximate surface area is 119 Å². The van der Waals surface area contributed by atoms with Crippen molar-refractivity contribution in [2.75, 3.05) is 13.2 Å². The molecule has 0 unspecified atom stereocenters. The van der Waals surface area contributed by atoms with Crippen molar-refractivity contribution in [3.8, 4) is 0 Å². The molecule has 20 heavy (non-hydrogen) atoms. The first-order valence-corrected chi connectivity index (χ1v) is 7.31. The van der Waals surface area contributed by atoms with Gasteiger partial charge in [0.25, 0.3) is 5.91 Å². The van der Waals surface area contributed by atoms with Crippen LogP contribution in [0, 0.1) is 12.7 Å². The second-order valence-electron chi connectivity index (χ2n) is 5.53. The van der Waals surface area contributed by atoms with E-state index in [0.717, 1.165) is 31.2 Å². The summed E-state index contributed by atoms with van der Waals surface area (Å²) >= 11 is 0. The number of amides is 1. The van der Waals surface area contributed by atoms with Gasteiger partial charge in [0.2, 0.25) is 0 Å². The summed E-state index contributed by atoms with van der Waals surface area (Å²) in [4.78, 5) is 14.3. The van der Waals surface area contributed by atoms with Gasteiger partial charge in [-0.2, -0.15) is 0 Å². The largest absolute Gasteiger partial charge is 0.395 e. The molecule has 0 aromatic heterocycles. The molecule has 2 rings (SSSR count). The molecule has 0 spiro atoms. The number of rotatable bonds is 4. The lowest BCUT2D eigenvalue weighted by atomic mass is 9.93. The molecular formula is C16H22FNO2. The van der Waals surface area contributed by atoms with Crippen molar-refractivity contribution in [2.45, 2.75) is 45.1 Å². The van der Waals surface area contributed by atoms with Gasteiger partial charge in [-0.3, -0.25) is 4.79 Å². The van der Waals surface area contributed by atoms with Crippen LogP contribution in [-0.4, -0.2) is 35.1 Å². The van der Waals surface area contributed by atoms with E-state index in [2.05, 4.69) is 0 Å². The lowest BCUT2D eigenvalue weighted by Gasteiger charge is -2.34. The number of aliphatic hydroxyl groups excluding tert-OH is 1. The summed E-state index contributed by atoms with van der Waals surface area (Å²) in [6.45, 7) is 2.03. The third kappa shape index (κ3) is 3.57. The molecule has 1 N–H and O–H groups in total. The Hall–Kier alpha value is -1.42. The van der Waals surface area contributed by atoms with E-state index < -0.39 is 0 Å². The molecule has 3 nitrogen and oxygen atoms in total. The monoisotopic (exact) mass is 279 g/mol. The first kappa shape index (κ1) is 15.0. The van der Waals surface area contributed by atoms with Gasteiger partial charge < -0.3 is 10.0 Å². The van der Waals surface area contributed by atoms with Gasteiger partial charge in [-0.15, -0.1) is 0 Å². The zero-order valence-electron chi connectivity index (χ0n) is 11.9. The third-order valence-electron chi connectivity index (χ3n) is 3.91. The fraction of sp³-hybridized carbons (Fsp3) is 0.562. The molecule has 0 atom stereocenters. The molecule has 110 valence electrons. The van der Waals surface area contributed by atoms with Crippen molar-refractivity contribution in [3.63, 3.8) is 0 Å². The molecule has 0 heterocycles. The number of carbonyl (C=O) groups is 1. The summed E-state index contributed by atoms with van der Waals surface area (Å²) in [7, 11) is 0. The van der Waals surface area contributed by atoms with Gasteiger partial charge in [0.15, 0.2) is 0 Å². The van der Waals surface area contributed by atoms with Crippen LogP contribution in [0.1, 0.15) is 48.0 Å². The number of hydrogen-bond acceptors (Lipinski definition) is 2. The molecule has 1 aliphatic carbocycles. The summed E-state index contributed by atoms with van der Waals surface area (Å²) in [6.07, 6.45) is 5.38. The molecule has 1 aliphatic rings. The lowest BCUT2D eigenvalue weighted by Crippen LogP contribution is -2.43. The molecule has 1 fully saturated rings. The van der Waals surface area contributed by atoms with Crippen LogP contribution in [0.25, 0.3) is 0 Å². The average Bonchev–Trinajstić information content (AvgIpc) is 2.44. The van der Waals surface area contributed by atoms with E-state index in [-0.39, 0.29) is 24.4 Å². The molecule has 1 aromatic carbocycles. The smallest absolute Gasteiger partial charge is 0.254 e. The SMILES string of the molecule is Cc1cc(F)cc(C(=O)N(CCO)C2CCCCC2)c1. The Balaban J connectivity index is 2.20. The molecule has 0 radical (unpaired) electrons. The third-order valence-corrected chi connectivity index (χ3v) is 3.91. The average molecular weight is 279 g/mol. The quantitative estimate of drug-likeness (QED) is 0.920. The zero-order chi connectivity index (χ0) is 14.5. The van der Waals surface area contributed by atoms with Crippen molar-refractivity contribution in [3.05, 3.63) is 35.1 Å². The van der Waals surface area contributed by atoms with E-state index in [1.54, 1.807) is 17.9 Å². The molecule has 1 aromatic rings. The van der Waals surface area contributed by atoms with Crippen LogP contribution in [-0.2, 0) is 0 Å². The number of nitrogens with zero attached hydrogens (tertiary/aromatic N) is 1. The highest BCUT2D eigenvalue weighted by Crippen LogP contribution is 2.24. The first-order chi connectivity index (χ1) is 9.61. The van der Waals surface area contributed by atoms with Gasteiger partial charge in [-0.05, 0) is 43.5 Å². The van der Waals surface area contributed by atoms with Crippen LogP contribution in [0.4, 0.5) is 4.39 Å². The van der Waals surface area contributed by atoms with Gasteiger partial charge in [-0.25, -0.2) is 4.39 Å². The van der Waals surface area contributed by atoms with Gasteiger partial charge in [0.05, 0.1) is 6.61 Å². The maximum Gasteiger partial charge on any atom is 0.254 e. The van der Waals surface area contributed by atoms with Crippen molar-refractivity contribution in [1.29, 1.82) is 0 Å². The van der Waals surface area contributed by atoms with E-state index in [1.807, 2.05) is 0 Å². The molecular weight excluding hydrogens is 257 g/mol. The molecule has 0 aliphatic heterocycles. The Morgan fingerprint density at radius 2 is 2.00 bits per heavy atom. The maximum absolute atomic E-state index is 13.5. The minimum absolute atomic E-state index is 0.0590. The number of aryl methyl sites for hydroxylation is 1. The second kappa shape index (κ2) is 6.84. The van der Waals surface area contributed by atoms with E-state index in [0.29, 0.717) is 12.1 Å². The van der Waals surface area contributed by atoms with Crippen LogP contribution in [0.2, 0.25) is 0 Å². The van der Waals surface area contributed by atoms with Crippen LogP contribution in [0.5, 0.6) is 0 Å². The van der Waals surface area contributed by atoms with Crippen molar-refractivity contribution >= 4 is 5.91 Å². The van der Waals surface area contributed by atoms with Crippen molar-refractivity contribution in [1.82, 2.24) is 4.90 Å². The number of hydrogen-bond donors (Lipinski definition) is 1. The standard InChI is InChI=1S/C16H22FNO2/c1-12-9-13(11-14(17)10-12)16(20)18(7-8-19)15-5-3-2-4-6-15/h9-11,15,19H,2-8H2,1H3. The van der Waals surface area contributed by atoms with Crippen LogP contribution >= 0.6 is 0 Å². The number of benzene rings is 1. The predicted octanol–water partition coefficient (Wildman–Crippen LogP) is 2.90. The summed E-state index contributed by atoms with van der Waals surface area (Å²) in [5, 5.41) is 9.20. The van der Waals surface area contributed by atoms with E-state index in [4.69, 9.17) is 0 Å². The highest BCUT2D eigenvalue weighted by Gasteiger charge is 2.26. The highest BCUT2D eigenvalue weighted by atomic mass is 19.1. The highest BCUT2D eigenvalue weighted by molar-refractivity contribution is 5.94. The van der Waals surface area contributed by atoms with E-state index >= 15 is 0 Å². The fourth-order valence-corrected chi connectivity index (χ4v) is 2.98. The molecule has 0 saturated heterocycles. The Morgan fingerprint density at radius 1 is 1.30 bits per heavy atom. The summed E-state index contributed by atoms with van der Waals surface area (Å²) in [6, 6.07) is 4.57. The predicted molar refractivity (Wildman–Crippen MR) is 76.1 cm³/mol. The number of carbonyl (C=O) groups excluding carboxylic acids is 1. The molecule has 1 saturated carbocycles. The Morgan fingerprint density at radius 3 is 2.60 bits per heavy atom. The van der Waals surface area contributed by atoms with Gasteiger partial charge in [0.1, 0.15) is 5.82 Å². The minimum Gasteiger partial charge on any atom is -0.395 e. The Kier molecular flexibility index (Phi) is 5.12. The van der Waals surface area contributed by atoms with Gasteiger partial charge >= 0.3 is 0 Å². The van der Waals surface area contributed by atoms with Crippen molar-refractivity contribution in [2.24, 2.45) is 0 Å². The molecule has 1 amide bonds. The number of aliphatic hydroxyl groups is 1. The minimum atomic E-state index is -0.388. The lowest BCUT2D eigenvalue weighted by molar-refractivity contribution is 0.0585. The Bertz CT molecular complexity index is 449. The molecule has 4 heteroatoms. The zero-order valence-corrected chi connectivity index (χ0v) is 11.9. The summed E-state index contributed by atoms with van der Waals surface area (Å²) in [5.74, 6) is -0.561. The van der Waals surface area contributed by atoms with Gasteiger partial charge in [-0.1, -0.05) is 19.3 Å². The summed E-state index contributed by atoms with van der Waals surface area (Å²) < 4.78 is 13.5. The van der Waals surface area contributed by atoms with Crippen LogP contribution in [0.15, 0.2) is 18.2 Å². The first-order valence-electron chi connectivity index (χ1n) is 7.31. The van der Waals surface area contributed by atoms with Gasteiger partial charge in [0, 0.05) is 18.2 Å². The summed E-state index contributed by atoms with van der Waals surface area (Å²) in [5.41, 5.74) is 1.11. The second-order valence-corrected chi connectivity index (χ2v) is 5.53. The van der Waals surface area contributed by atoms with Crippen LogP contribution < -0.4 is 0 Å².